The third kappa shape index (κ3) is 3.89. The number of aliphatic hydroxyl groups is 1. The Balaban J connectivity index is 2.62. The summed E-state index contributed by atoms with van der Waals surface area (Å²) in [5, 5.41) is 9.97. The predicted molar refractivity (Wildman–Crippen MR) is 66.2 cm³/mol. The van der Waals surface area contributed by atoms with Crippen LogP contribution >= 0.6 is 0 Å². The van der Waals surface area contributed by atoms with Gasteiger partial charge in [-0.2, -0.15) is 0 Å². The molecule has 0 amide bonds. The van der Waals surface area contributed by atoms with Crippen molar-refractivity contribution in [1.29, 1.82) is 0 Å². The Morgan fingerprint density at radius 2 is 1.87 bits per heavy atom. The molecule has 0 heterocycles. The van der Waals surface area contributed by atoms with Gasteiger partial charge in [0.1, 0.15) is 0 Å². The van der Waals surface area contributed by atoms with Crippen LogP contribution < -0.4 is 0 Å². The van der Waals surface area contributed by atoms with Gasteiger partial charge in [0.2, 0.25) is 0 Å². The van der Waals surface area contributed by atoms with Gasteiger partial charge in [-0.15, -0.1) is 0 Å². The smallest absolute Gasteiger partial charge is 0.184 e. The topological polar surface area (TPSA) is 29.5 Å². The number of hydrogen-bond donors (Lipinski definition) is 1. The van der Waals surface area contributed by atoms with E-state index in [1.807, 2.05) is 13.8 Å². The van der Waals surface area contributed by atoms with Crippen molar-refractivity contribution in [2.24, 2.45) is 0 Å². The van der Waals surface area contributed by atoms with Crippen LogP contribution in [0.4, 0.5) is 0 Å². The Morgan fingerprint density at radius 3 is 2.20 bits per heavy atom. The highest BCUT2D eigenvalue weighted by atomic mass is 28.4. The first-order valence-electron chi connectivity index (χ1n) is 5.80. The summed E-state index contributed by atoms with van der Waals surface area (Å²) in [5.74, 6) is 1.24. The molecule has 15 heavy (non-hydrogen) atoms. The van der Waals surface area contributed by atoms with Gasteiger partial charge in [-0.1, -0.05) is 0 Å². The summed E-state index contributed by atoms with van der Waals surface area (Å²) in [6.45, 7) is 12.6. The van der Waals surface area contributed by atoms with Crippen LogP contribution in [0.5, 0.6) is 0 Å². The normalized spacial score (nSPS) is 29.8. The summed E-state index contributed by atoms with van der Waals surface area (Å²) < 4.78 is 6.22. The van der Waals surface area contributed by atoms with E-state index in [0.717, 1.165) is 19.3 Å². The minimum atomic E-state index is -1.48. The molecule has 0 spiro atoms. The average Bonchev–Trinajstić information content (AvgIpc) is 2.25. The molecule has 1 fully saturated rings. The van der Waals surface area contributed by atoms with Gasteiger partial charge in [0, 0.05) is 5.92 Å². The first-order chi connectivity index (χ1) is 6.52. The van der Waals surface area contributed by atoms with Gasteiger partial charge in [-0.05, 0) is 59.7 Å². The molecule has 1 saturated carbocycles. The second kappa shape index (κ2) is 3.86. The molecule has 1 aliphatic rings. The molecule has 1 aliphatic carbocycles. The van der Waals surface area contributed by atoms with Crippen molar-refractivity contribution in [2.75, 3.05) is 0 Å². The van der Waals surface area contributed by atoms with Crippen molar-refractivity contribution < 1.29 is 9.53 Å². The van der Waals surface area contributed by atoms with Crippen LogP contribution in [0, 0.1) is 5.92 Å². The highest BCUT2D eigenvalue weighted by Crippen LogP contribution is 2.44. The monoisotopic (exact) mass is 229 g/mol. The third-order valence-corrected chi connectivity index (χ3v) is 4.07. The molecule has 1 unspecified atom stereocenters. The highest BCUT2D eigenvalue weighted by molar-refractivity contribution is 6.69. The van der Waals surface area contributed by atoms with Crippen molar-refractivity contribution in [2.45, 2.75) is 70.9 Å². The Bertz CT molecular complexity index is 227. The van der Waals surface area contributed by atoms with Crippen molar-refractivity contribution in [3.05, 3.63) is 5.92 Å². The summed E-state index contributed by atoms with van der Waals surface area (Å²) >= 11 is 0. The first-order valence-corrected chi connectivity index (χ1v) is 9.20. The quantitative estimate of drug-likeness (QED) is 0.753. The predicted octanol–water partition coefficient (Wildman–Crippen LogP) is 3.13. The molecule has 0 aromatic rings. The van der Waals surface area contributed by atoms with E-state index in [-0.39, 0.29) is 5.60 Å². The van der Waals surface area contributed by atoms with Crippen LogP contribution in [0.1, 0.15) is 40.0 Å². The van der Waals surface area contributed by atoms with E-state index in [9.17, 15) is 5.11 Å². The van der Waals surface area contributed by atoms with Gasteiger partial charge in [0.15, 0.2) is 8.32 Å². The highest BCUT2D eigenvalue weighted by Gasteiger charge is 2.44. The summed E-state index contributed by atoms with van der Waals surface area (Å²) in [6, 6.07) is 0. The minimum absolute atomic E-state index is 0.0280. The molecule has 0 aliphatic heterocycles. The third-order valence-electron chi connectivity index (χ3n) is 2.96. The minimum Gasteiger partial charge on any atom is -0.412 e. The van der Waals surface area contributed by atoms with Crippen molar-refractivity contribution in [1.82, 2.24) is 0 Å². The van der Waals surface area contributed by atoms with E-state index in [4.69, 9.17) is 4.43 Å². The van der Waals surface area contributed by atoms with E-state index in [1.165, 1.54) is 5.92 Å². The molecule has 0 aromatic heterocycles. The molecular weight excluding hydrogens is 204 g/mol. The second-order valence-electron chi connectivity index (χ2n) is 6.50. The van der Waals surface area contributed by atoms with Crippen LogP contribution in [0.3, 0.4) is 0 Å². The summed E-state index contributed by atoms with van der Waals surface area (Å²) in [7, 11) is -1.48. The van der Waals surface area contributed by atoms with Gasteiger partial charge < -0.3 is 9.53 Å². The molecule has 89 valence electrons. The van der Waals surface area contributed by atoms with Crippen molar-refractivity contribution >= 4 is 8.32 Å². The molecule has 2 nitrogen and oxygen atoms in total. The maximum atomic E-state index is 9.97. The van der Waals surface area contributed by atoms with E-state index < -0.39 is 13.9 Å². The van der Waals surface area contributed by atoms with Gasteiger partial charge in [-0.25, -0.2) is 0 Å². The van der Waals surface area contributed by atoms with Gasteiger partial charge in [0.05, 0.1) is 11.2 Å². The van der Waals surface area contributed by atoms with Crippen molar-refractivity contribution in [3.63, 3.8) is 0 Å². The molecule has 0 aromatic carbocycles. The van der Waals surface area contributed by atoms with Gasteiger partial charge in [0.25, 0.3) is 0 Å². The molecule has 1 atom stereocenters. The lowest BCUT2D eigenvalue weighted by Crippen LogP contribution is -2.39. The zero-order chi connectivity index (χ0) is 11.9. The summed E-state index contributed by atoms with van der Waals surface area (Å²) in [6.07, 6.45) is 2.97. The van der Waals surface area contributed by atoms with Crippen LogP contribution in [0.15, 0.2) is 0 Å². The maximum Gasteiger partial charge on any atom is 0.184 e. The Hall–Kier alpha value is 0.137. The SMILES string of the molecule is CC1(O[Si](C)(C)C)CC[C](C(C)(C)O)C1. The summed E-state index contributed by atoms with van der Waals surface area (Å²) in [5.41, 5.74) is -0.666. The van der Waals surface area contributed by atoms with E-state index in [0.29, 0.717) is 0 Å². The standard InChI is InChI=1S/C12H25O2Si/c1-11(2,13)10-7-8-12(3,9-10)14-15(4,5)6/h13H,7-9H2,1-6H3. The lowest BCUT2D eigenvalue weighted by molar-refractivity contribution is 0.0642. The fourth-order valence-electron chi connectivity index (χ4n) is 2.39. The Kier molecular flexibility index (Phi) is 3.40. The first kappa shape index (κ1) is 13.2. The largest absolute Gasteiger partial charge is 0.412 e. The molecule has 3 heteroatoms. The molecule has 1 radical (unpaired) electrons. The fraction of sp³-hybridized carbons (Fsp3) is 0.917. The Labute approximate surface area is 95.2 Å². The molecule has 1 rings (SSSR count). The zero-order valence-corrected chi connectivity index (χ0v) is 12.0. The second-order valence-corrected chi connectivity index (χ2v) is 10.9. The number of rotatable bonds is 3. The van der Waals surface area contributed by atoms with Crippen LogP contribution in [0.2, 0.25) is 19.6 Å². The lowest BCUT2D eigenvalue weighted by atomic mass is 9.88. The van der Waals surface area contributed by atoms with Gasteiger partial charge >= 0.3 is 0 Å². The van der Waals surface area contributed by atoms with E-state index in [1.54, 1.807) is 0 Å². The Morgan fingerprint density at radius 1 is 1.33 bits per heavy atom. The fourth-order valence-corrected chi connectivity index (χ4v) is 4.04. The maximum absolute atomic E-state index is 9.97. The number of hydrogen-bond acceptors (Lipinski definition) is 2. The zero-order valence-electron chi connectivity index (χ0n) is 11.0. The van der Waals surface area contributed by atoms with Crippen LogP contribution in [-0.4, -0.2) is 24.6 Å². The van der Waals surface area contributed by atoms with Gasteiger partial charge in [-0.3, -0.25) is 0 Å². The van der Waals surface area contributed by atoms with Crippen LogP contribution in [0.25, 0.3) is 0 Å². The van der Waals surface area contributed by atoms with E-state index >= 15 is 0 Å². The molecular formula is C12H25O2Si. The summed E-state index contributed by atoms with van der Waals surface area (Å²) in [4.78, 5) is 0. The molecule has 1 N–H and O–H groups in total. The van der Waals surface area contributed by atoms with Crippen molar-refractivity contribution in [3.8, 4) is 0 Å². The average molecular weight is 229 g/mol. The molecule has 0 saturated heterocycles. The van der Waals surface area contributed by atoms with E-state index in [2.05, 4.69) is 26.6 Å². The molecule has 0 bridgehead atoms. The van der Waals surface area contributed by atoms with Crippen LogP contribution in [-0.2, 0) is 4.43 Å². The lowest BCUT2D eigenvalue weighted by Gasteiger charge is -2.34.